The molecule has 5 rings (SSSR count). The Bertz CT molecular complexity index is 931. The zero-order valence-electron chi connectivity index (χ0n) is 16.8. The maximum absolute atomic E-state index is 13.7. The van der Waals surface area contributed by atoms with Crippen LogP contribution >= 0.6 is 0 Å². The molecule has 3 heterocycles. The van der Waals surface area contributed by atoms with Gasteiger partial charge in [-0.05, 0) is 30.9 Å². The van der Waals surface area contributed by atoms with Gasteiger partial charge in [0.15, 0.2) is 0 Å². The van der Waals surface area contributed by atoms with Crippen LogP contribution in [-0.2, 0) is 4.79 Å². The summed E-state index contributed by atoms with van der Waals surface area (Å²) in [6.07, 6.45) is 6.79. The van der Waals surface area contributed by atoms with Crippen LogP contribution in [0.1, 0.15) is 55.6 Å². The number of carbonyl (C=O) groups is 2. The third kappa shape index (κ3) is 3.20. The number of amides is 2. The summed E-state index contributed by atoms with van der Waals surface area (Å²) in [5.41, 5.74) is 2.17. The number of carboxylic acid groups (broad SMARTS) is 1. The van der Waals surface area contributed by atoms with Crippen molar-refractivity contribution in [3.8, 4) is 0 Å². The highest BCUT2D eigenvalue weighted by molar-refractivity contribution is 5.82. The van der Waals surface area contributed by atoms with E-state index in [0.717, 1.165) is 49.2 Å². The molecule has 2 fully saturated rings. The highest BCUT2D eigenvalue weighted by atomic mass is 16.4. The van der Waals surface area contributed by atoms with E-state index in [1.807, 2.05) is 23.2 Å². The largest absolute Gasteiger partial charge is 0.465 e. The normalized spacial score (nSPS) is 30.1. The number of imidazole rings is 1. The Balaban J connectivity index is 1.47. The van der Waals surface area contributed by atoms with Gasteiger partial charge in [-0.3, -0.25) is 4.79 Å². The molecule has 8 nitrogen and oxygen atoms in total. The van der Waals surface area contributed by atoms with E-state index < -0.39 is 6.09 Å². The molecule has 3 aliphatic rings. The standard InChI is InChI=1S/C22H27N5O3/c28-21(14-6-2-4-8-17(14)26-22(29)30)27-12-9-15-18(20-23-10-11-24-20)25-16-7-3-1-5-13(16)19(15)27/h1,3,5,7,10-11,14-15,17-19,25-26H,2,4,6,8-9,12H2,(H,23,24)(H,29,30)/t14-,15-,17+,18+,19-/m0/s1. The van der Waals surface area contributed by atoms with Gasteiger partial charge in [0, 0.05) is 36.6 Å². The van der Waals surface area contributed by atoms with Crippen LogP contribution in [-0.4, -0.2) is 44.6 Å². The molecule has 2 amide bonds. The van der Waals surface area contributed by atoms with Gasteiger partial charge in [0.1, 0.15) is 5.82 Å². The molecule has 0 radical (unpaired) electrons. The van der Waals surface area contributed by atoms with Crippen molar-refractivity contribution in [3.05, 3.63) is 48.0 Å². The second-order valence-electron chi connectivity index (χ2n) is 8.56. The number of para-hydroxylation sites is 1. The molecule has 2 aliphatic heterocycles. The Kier molecular flexibility index (Phi) is 4.84. The fourth-order valence-electron chi connectivity index (χ4n) is 5.66. The fraction of sp³-hybridized carbons (Fsp3) is 0.500. The lowest BCUT2D eigenvalue weighted by Gasteiger charge is -2.41. The highest BCUT2D eigenvalue weighted by Crippen LogP contribution is 2.51. The van der Waals surface area contributed by atoms with Gasteiger partial charge in [0.2, 0.25) is 5.91 Å². The minimum atomic E-state index is -1.05. The molecule has 0 spiro atoms. The summed E-state index contributed by atoms with van der Waals surface area (Å²) in [6.45, 7) is 0.678. The molecular weight excluding hydrogens is 382 g/mol. The predicted molar refractivity (Wildman–Crippen MR) is 111 cm³/mol. The van der Waals surface area contributed by atoms with Gasteiger partial charge in [0.05, 0.1) is 18.0 Å². The van der Waals surface area contributed by atoms with Crippen LogP contribution in [0.5, 0.6) is 0 Å². The molecule has 1 aromatic carbocycles. The number of carbonyl (C=O) groups excluding carboxylic acids is 1. The zero-order chi connectivity index (χ0) is 20.7. The van der Waals surface area contributed by atoms with Gasteiger partial charge in [-0.25, -0.2) is 9.78 Å². The number of aromatic nitrogens is 2. The first kappa shape index (κ1) is 19.0. The Labute approximate surface area is 175 Å². The lowest BCUT2D eigenvalue weighted by Crippen LogP contribution is -2.49. The van der Waals surface area contributed by atoms with E-state index in [9.17, 15) is 14.7 Å². The first-order valence-electron chi connectivity index (χ1n) is 10.8. The van der Waals surface area contributed by atoms with Crippen molar-refractivity contribution in [2.75, 3.05) is 11.9 Å². The van der Waals surface area contributed by atoms with Crippen LogP contribution in [0.3, 0.4) is 0 Å². The van der Waals surface area contributed by atoms with Crippen molar-refractivity contribution in [2.24, 2.45) is 11.8 Å². The number of hydrogen-bond donors (Lipinski definition) is 4. The number of aromatic amines is 1. The second kappa shape index (κ2) is 7.66. The summed E-state index contributed by atoms with van der Waals surface area (Å²) in [4.78, 5) is 34.7. The molecule has 158 valence electrons. The molecule has 2 aromatic rings. The van der Waals surface area contributed by atoms with Gasteiger partial charge >= 0.3 is 6.09 Å². The van der Waals surface area contributed by atoms with Crippen molar-refractivity contribution < 1.29 is 14.7 Å². The van der Waals surface area contributed by atoms with Gasteiger partial charge in [-0.1, -0.05) is 31.0 Å². The Morgan fingerprint density at radius 3 is 2.80 bits per heavy atom. The number of rotatable bonds is 3. The van der Waals surface area contributed by atoms with E-state index in [2.05, 4.69) is 32.7 Å². The average Bonchev–Trinajstić information content (AvgIpc) is 3.43. The molecule has 5 atom stereocenters. The molecule has 1 aliphatic carbocycles. The quantitative estimate of drug-likeness (QED) is 0.622. The maximum atomic E-state index is 13.7. The predicted octanol–water partition coefficient (Wildman–Crippen LogP) is 3.29. The molecule has 1 saturated carbocycles. The van der Waals surface area contributed by atoms with Gasteiger partial charge in [-0.2, -0.15) is 0 Å². The molecule has 8 heteroatoms. The lowest BCUT2D eigenvalue weighted by atomic mass is 9.81. The van der Waals surface area contributed by atoms with Gasteiger partial charge in [-0.15, -0.1) is 0 Å². The summed E-state index contributed by atoms with van der Waals surface area (Å²) in [5.74, 6) is 0.884. The van der Waals surface area contributed by atoms with Crippen molar-refractivity contribution in [1.82, 2.24) is 20.2 Å². The van der Waals surface area contributed by atoms with E-state index in [1.54, 1.807) is 6.20 Å². The van der Waals surface area contributed by atoms with Gasteiger partial charge < -0.3 is 25.6 Å². The van der Waals surface area contributed by atoms with Crippen LogP contribution < -0.4 is 10.6 Å². The van der Waals surface area contributed by atoms with Crippen LogP contribution in [0.15, 0.2) is 36.7 Å². The minimum Gasteiger partial charge on any atom is -0.465 e. The monoisotopic (exact) mass is 409 g/mol. The molecule has 4 N–H and O–H groups in total. The number of anilines is 1. The summed E-state index contributed by atoms with van der Waals surface area (Å²) in [7, 11) is 0. The van der Waals surface area contributed by atoms with E-state index >= 15 is 0 Å². The first-order chi connectivity index (χ1) is 14.6. The number of nitrogens with zero attached hydrogens (tertiary/aromatic N) is 2. The van der Waals surface area contributed by atoms with E-state index in [4.69, 9.17) is 0 Å². The molecule has 1 saturated heterocycles. The van der Waals surface area contributed by atoms with Crippen molar-refractivity contribution >= 4 is 17.7 Å². The first-order valence-corrected chi connectivity index (χ1v) is 10.8. The summed E-state index contributed by atoms with van der Waals surface area (Å²) >= 11 is 0. The average molecular weight is 409 g/mol. The number of benzene rings is 1. The topological polar surface area (TPSA) is 110 Å². The maximum Gasteiger partial charge on any atom is 0.404 e. The zero-order valence-corrected chi connectivity index (χ0v) is 16.8. The number of hydrogen-bond acceptors (Lipinski definition) is 4. The smallest absolute Gasteiger partial charge is 0.404 e. The molecular formula is C22H27N5O3. The molecule has 0 bridgehead atoms. The fourth-order valence-corrected chi connectivity index (χ4v) is 5.66. The lowest BCUT2D eigenvalue weighted by molar-refractivity contribution is -0.139. The van der Waals surface area contributed by atoms with Crippen molar-refractivity contribution in [1.29, 1.82) is 0 Å². The highest BCUT2D eigenvalue weighted by Gasteiger charge is 2.49. The molecule has 1 aromatic heterocycles. The van der Waals surface area contributed by atoms with Crippen LogP contribution in [0.4, 0.5) is 10.5 Å². The number of likely N-dealkylation sites (tertiary alicyclic amines) is 1. The summed E-state index contributed by atoms with van der Waals surface area (Å²) < 4.78 is 0. The third-order valence-electron chi connectivity index (χ3n) is 6.95. The van der Waals surface area contributed by atoms with Gasteiger partial charge in [0.25, 0.3) is 0 Å². The number of nitrogens with one attached hydrogen (secondary N) is 3. The van der Waals surface area contributed by atoms with Crippen molar-refractivity contribution in [3.63, 3.8) is 0 Å². The van der Waals surface area contributed by atoms with Crippen LogP contribution in [0, 0.1) is 11.8 Å². The summed E-state index contributed by atoms with van der Waals surface area (Å²) in [6, 6.07) is 7.84. The molecule has 0 unspecified atom stereocenters. The Morgan fingerprint density at radius 1 is 1.17 bits per heavy atom. The van der Waals surface area contributed by atoms with E-state index in [-0.39, 0.29) is 35.9 Å². The molecule has 30 heavy (non-hydrogen) atoms. The number of H-pyrrole nitrogens is 1. The number of fused-ring (bicyclic) bond motifs is 3. The Morgan fingerprint density at radius 2 is 2.00 bits per heavy atom. The Hall–Kier alpha value is -3.03. The van der Waals surface area contributed by atoms with Crippen molar-refractivity contribution in [2.45, 2.75) is 50.2 Å². The van der Waals surface area contributed by atoms with E-state index in [0.29, 0.717) is 6.54 Å². The summed E-state index contributed by atoms with van der Waals surface area (Å²) in [5, 5.41) is 15.5. The third-order valence-corrected chi connectivity index (χ3v) is 6.95. The second-order valence-corrected chi connectivity index (χ2v) is 8.56. The van der Waals surface area contributed by atoms with E-state index in [1.165, 1.54) is 0 Å². The van der Waals surface area contributed by atoms with Crippen LogP contribution in [0.2, 0.25) is 0 Å². The van der Waals surface area contributed by atoms with Crippen LogP contribution in [0.25, 0.3) is 0 Å². The SMILES string of the molecule is O=C(O)N[C@@H]1CCCC[C@@H]1C(=O)N1CC[C@H]2[C@H](c3ncc[nH]3)Nc3ccccc3[C@@H]21. The minimum absolute atomic E-state index is 0.0111.